The van der Waals surface area contributed by atoms with E-state index in [1.807, 2.05) is 60.7 Å². The Morgan fingerprint density at radius 2 is 1.51 bits per heavy atom. The van der Waals surface area contributed by atoms with Crippen molar-refractivity contribution in [2.24, 2.45) is 5.10 Å². The van der Waals surface area contributed by atoms with Crippen LogP contribution in [0.15, 0.2) is 90.0 Å². The molecule has 0 radical (unpaired) electrons. The molecule has 0 aromatic heterocycles. The smallest absolute Gasteiger partial charge is 0.249 e. The monoisotopic (exact) mass is 505 g/mol. The highest BCUT2D eigenvalue weighted by atomic mass is 35.5. The second-order valence-electron chi connectivity index (χ2n) is 7.64. The van der Waals surface area contributed by atoms with Crippen LogP contribution in [0.1, 0.15) is 17.5 Å². The van der Waals surface area contributed by atoms with E-state index < -0.39 is 11.8 Å². The fourth-order valence-electron chi connectivity index (χ4n) is 3.37. The number of hydrogen-bond acceptors (Lipinski definition) is 4. The minimum atomic E-state index is -0.545. The molecule has 35 heavy (non-hydrogen) atoms. The van der Waals surface area contributed by atoms with Gasteiger partial charge in [-0.3, -0.25) is 9.59 Å². The molecule has 8 heteroatoms. The molecule has 0 bridgehead atoms. The number of benzene rings is 4. The van der Waals surface area contributed by atoms with Gasteiger partial charge >= 0.3 is 0 Å². The number of carbonyl (C=O) groups is 2. The lowest BCUT2D eigenvalue weighted by Gasteiger charge is -2.12. The van der Waals surface area contributed by atoms with Gasteiger partial charge in [-0.05, 0) is 58.8 Å². The molecule has 176 valence electrons. The molecule has 0 fully saturated rings. The molecule has 0 heterocycles. The van der Waals surface area contributed by atoms with Gasteiger partial charge in [-0.1, -0.05) is 65.7 Å². The largest absolute Gasteiger partial charge is 0.488 e. The number of fused-ring (bicyclic) bond motifs is 1. The number of amides is 2. The van der Waals surface area contributed by atoms with E-state index >= 15 is 0 Å². The van der Waals surface area contributed by atoms with Crippen molar-refractivity contribution in [3.05, 3.63) is 106 Å². The summed E-state index contributed by atoms with van der Waals surface area (Å²) in [6.07, 6.45) is 1.14. The van der Waals surface area contributed by atoms with Gasteiger partial charge in [0.2, 0.25) is 11.8 Å². The molecule has 4 rings (SSSR count). The first-order chi connectivity index (χ1) is 17.0. The van der Waals surface area contributed by atoms with E-state index in [0.29, 0.717) is 33.7 Å². The minimum Gasteiger partial charge on any atom is -0.488 e. The average molecular weight is 506 g/mol. The number of hydrogen-bond donors (Lipinski definition) is 2. The Labute approximate surface area is 212 Å². The molecule has 0 aliphatic heterocycles. The van der Waals surface area contributed by atoms with Crippen LogP contribution < -0.4 is 15.5 Å². The lowest BCUT2D eigenvalue weighted by atomic mass is 10.0. The van der Waals surface area contributed by atoms with E-state index in [1.165, 1.54) is 6.21 Å². The summed E-state index contributed by atoms with van der Waals surface area (Å²) in [7, 11) is 0. The van der Waals surface area contributed by atoms with Crippen molar-refractivity contribution >= 4 is 57.7 Å². The van der Waals surface area contributed by atoms with Crippen LogP contribution in [0.3, 0.4) is 0 Å². The first kappa shape index (κ1) is 24.3. The van der Waals surface area contributed by atoms with Gasteiger partial charge in [0.1, 0.15) is 18.8 Å². The summed E-state index contributed by atoms with van der Waals surface area (Å²) in [5.74, 6) is -0.397. The molecule has 0 atom stereocenters. The zero-order chi connectivity index (χ0) is 24.6. The zero-order valence-electron chi connectivity index (χ0n) is 18.5. The van der Waals surface area contributed by atoms with Crippen molar-refractivity contribution in [3.63, 3.8) is 0 Å². The highest BCUT2D eigenvalue weighted by Gasteiger charge is 2.11. The van der Waals surface area contributed by atoms with E-state index in [-0.39, 0.29) is 6.42 Å². The van der Waals surface area contributed by atoms with Gasteiger partial charge in [0.05, 0.1) is 6.21 Å². The van der Waals surface area contributed by atoms with E-state index in [0.717, 1.165) is 16.3 Å². The third-order valence-electron chi connectivity index (χ3n) is 5.07. The summed E-state index contributed by atoms with van der Waals surface area (Å²) in [4.78, 5) is 24.4. The van der Waals surface area contributed by atoms with E-state index in [4.69, 9.17) is 27.9 Å². The van der Waals surface area contributed by atoms with Crippen molar-refractivity contribution < 1.29 is 14.3 Å². The Kier molecular flexibility index (Phi) is 7.98. The van der Waals surface area contributed by atoms with Gasteiger partial charge in [-0.15, -0.1) is 0 Å². The number of rotatable bonds is 8. The number of anilines is 1. The fourth-order valence-corrected chi connectivity index (χ4v) is 3.62. The number of carbonyl (C=O) groups excluding carboxylic acids is 2. The number of nitrogens with one attached hydrogen (secondary N) is 2. The Hall–Kier alpha value is -3.87. The predicted octanol–water partition coefficient (Wildman–Crippen LogP) is 6.20. The summed E-state index contributed by atoms with van der Waals surface area (Å²) in [6, 6.07) is 25.6. The Bertz CT molecular complexity index is 1370. The maximum Gasteiger partial charge on any atom is 0.249 e. The average Bonchev–Trinajstić information content (AvgIpc) is 2.85. The summed E-state index contributed by atoms with van der Waals surface area (Å²) >= 11 is 11.8. The van der Waals surface area contributed by atoms with Crippen LogP contribution >= 0.6 is 23.2 Å². The Morgan fingerprint density at radius 3 is 2.26 bits per heavy atom. The summed E-state index contributed by atoms with van der Waals surface area (Å²) in [6.45, 7) is 0.341. The van der Waals surface area contributed by atoms with E-state index in [1.54, 1.807) is 24.3 Å². The lowest BCUT2D eigenvalue weighted by Crippen LogP contribution is -2.24. The molecule has 4 aromatic rings. The van der Waals surface area contributed by atoms with E-state index in [9.17, 15) is 9.59 Å². The number of hydrazone groups is 1. The normalized spacial score (nSPS) is 10.9. The first-order valence-corrected chi connectivity index (χ1v) is 11.5. The molecule has 0 saturated carbocycles. The molecule has 0 aliphatic rings. The van der Waals surface area contributed by atoms with Crippen LogP contribution in [0.5, 0.6) is 5.75 Å². The Balaban J connectivity index is 1.43. The second-order valence-corrected chi connectivity index (χ2v) is 8.51. The van der Waals surface area contributed by atoms with Crippen molar-refractivity contribution in [2.45, 2.75) is 13.0 Å². The van der Waals surface area contributed by atoms with Gasteiger partial charge in [0, 0.05) is 21.3 Å². The minimum absolute atomic E-state index is 0.341. The maximum atomic E-state index is 12.2. The molecule has 2 amide bonds. The molecule has 6 nitrogen and oxygen atoms in total. The third-order valence-corrected chi connectivity index (χ3v) is 5.57. The third kappa shape index (κ3) is 6.82. The lowest BCUT2D eigenvalue weighted by molar-refractivity contribution is -0.126. The van der Waals surface area contributed by atoms with Gasteiger partial charge in [0.25, 0.3) is 0 Å². The van der Waals surface area contributed by atoms with Crippen LogP contribution in [0.4, 0.5) is 5.69 Å². The molecule has 0 aliphatic carbocycles. The summed E-state index contributed by atoms with van der Waals surface area (Å²) < 4.78 is 6.05. The molecular formula is C27H21Cl2N3O3. The molecule has 0 saturated heterocycles. The quantitative estimate of drug-likeness (QED) is 0.170. The summed E-state index contributed by atoms with van der Waals surface area (Å²) in [5.41, 5.74) is 4.63. The topological polar surface area (TPSA) is 79.8 Å². The number of halogens is 2. The summed E-state index contributed by atoms with van der Waals surface area (Å²) in [5, 5.41) is 9.84. The molecule has 0 spiro atoms. The molecule has 0 unspecified atom stereocenters. The molecule has 4 aromatic carbocycles. The van der Waals surface area contributed by atoms with Crippen molar-refractivity contribution in [3.8, 4) is 5.75 Å². The number of ether oxygens (including phenoxy) is 1. The van der Waals surface area contributed by atoms with Gasteiger partial charge in [-0.2, -0.15) is 5.10 Å². The van der Waals surface area contributed by atoms with Crippen molar-refractivity contribution in [1.82, 2.24) is 5.43 Å². The van der Waals surface area contributed by atoms with E-state index in [2.05, 4.69) is 15.8 Å². The van der Waals surface area contributed by atoms with Gasteiger partial charge < -0.3 is 10.1 Å². The molecular weight excluding hydrogens is 485 g/mol. The van der Waals surface area contributed by atoms with Crippen LogP contribution in [0.25, 0.3) is 10.8 Å². The van der Waals surface area contributed by atoms with Crippen LogP contribution in [-0.2, 0) is 16.2 Å². The van der Waals surface area contributed by atoms with Crippen LogP contribution in [0, 0.1) is 0 Å². The zero-order valence-corrected chi connectivity index (χ0v) is 20.0. The highest BCUT2D eigenvalue weighted by Crippen LogP contribution is 2.27. The van der Waals surface area contributed by atoms with Gasteiger partial charge in [-0.25, -0.2) is 5.43 Å². The first-order valence-electron chi connectivity index (χ1n) is 10.7. The van der Waals surface area contributed by atoms with Crippen LogP contribution in [0.2, 0.25) is 10.0 Å². The SMILES string of the molecule is O=C(CC(=O)Nc1ccc(Cl)cc1)NN=Cc1c(OCc2ccc(Cl)cc2)ccc2ccccc12. The Morgan fingerprint density at radius 1 is 0.829 bits per heavy atom. The predicted molar refractivity (Wildman–Crippen MR) is 140 cm³/mol. The van der Waals surface area contributed by atoms with Gasteiger partial charge in [0.15, 0.2) is 0 Å². The maximum absolute atomic E-state index is 12.2. The van der Waals surface area contributed by atoms with Crippen molar-refractivity contribution in [2.75, 3.05) is 5.32 Å². The fraction of sp³-hybridized carbons (Fsp3) is 0.0741. The highest BCUT2D eigenvalue weighted by molar-refractivity contribution is 6.30. The number of nitrogens with zero attached hydrogens (tertiary/aromatic N) is 1. The standard InChI is InChI=1S/C27H21Cl2N3O3/c28-20-8-5-18(6-9-20)17-35-25-14-7-19-3-1-2-4-23(19)24(25)16-30-32-27(34)15-26(33)31-22-12-10-21(29)11-13-22/h1-14,16H,15,17H2,(H,31,33)(H,32,34). The van der Waals surface area contributed by atoms with Crippen molar-refractivity contribution in [1.29, 1.82) is 0 Å². The second kappa shape index (κ2) is 11.5. The van der Waals surface area contributed by atoms with Crippen LogP contribution in [-0.4, -0.2) is 18.0 Å². The molecule has 2 N–H and O–H groups in total.